The smallest absolute Gasteiger partial charge is 0.460 e. The van der Waals surface area contributed by atoms with Crippen molar-refractivity contribution in [2.24, 2.45) is 0 Å². The Kier molecular flexibility index (Phi) is 16.3. The van der Waals surface area contributed by atoms with Crippen molar-refractivity contribution in [2.75, 3.05) is 11.0 Å². The van der Waals surface area contributed by atoms with Crippen molar-refractivity contribution in [1.82, 2.24) is 0 Å². The zero-order valence-electron chi connectivity index (χ0n) is 25.8. The van der Waals surface area contributed by atoms with Crippen LogP contribution in [0, 0.1) is 0 Å². The first-order chi connectivity index (χ1) is 21.8. The van der Waals surface area contributed by atoms with E-state index in [1.54, 1.807) is 91.0 Å². The molecule has 0 saturated carbocycles. The van der Waals surface area contributed by atoms with Crippen LogP contribution in [0.4, 0.5) is 8.78 Å². The molecule has 0 aliphatic heterocycles. The van der Waals surface area contributed by atoms with E-state index in [0.29, 0.717) is 21.1 Å². The summed E-state index contributed by atoms with van der Waals surface area (Å²) in [6.07, 6.45) is 14.5. The van der Waals surface area contributed by atoms with E-state index in [-0.39, 0.29) is 6.61 Å². The number of ether oxygens (including phenoxy) is 1. The number of esters is 1. The molecule has 5 nitrogen and oxygen atoms in total. The van der Waals surface area contributed by atoms with Crippen molar-refractivity contribution < 1.29 is 30.4 Å². The Bertz CT molecular complexity index is 1260. The van der Waals surface area contributed by atoms with Gasteiger partial charge in [0.2, 0.25) is 0 Å². The Morgan fingerprint density at radius 2 is 0.933 bits per heavy atom. The number of rotatable bonds is 22. The summed E-state index contributed by atoms with van der Waals surface area (Å²) in [7, 11) is -8.79. The molecule has 10 heteroatoms. The molecule has 0 amide bonds. The van der Waals surface area contributed by atoms with Crippen molar-refractivity contribution >= 4 is 49.0 Å². The molecule has 1 N–H and O–H groups in total. The highest BCUT2D eigenvalue weighted by Crippen LogP contribution is 2.68. The standard InChI is InChI=1S/C35H45F2IO5S2/c36-35(37,34(39)42-30-22-11-9-7-5-3-1-2-4-6-8-10-21-29-38)45(40,41)43-44(31-23-15-12-16-24-31,32-25-17-13-18-26-32)33-27-19-14-20-28-33/h12-20,23-28H,1-11,21-22,29-30H2/p+1. The summed E-state index contributed by atoms with van der Waals surface area (Å²) in [5.41, 5.74) is 0. The molecule has 0 saturated heterocycles. The van der Waals surface area contributed by atoms with E-state index in [4.69, 9.17) is 4.74 Å². The molecular weight excluding hydrogens is 729 g/mol. The fourth-order valence-corrected chi connectivity index (χ4v) is 10.9. The van der Waals surface area contributed by atoms with Crippen LogP contribution >= 0.6 is 32.9 Å². The van der Waals surface area contributed by atoms with E-state index >= 15 is 8.78 Å². The minimum Gasteiger partial charge on any atom is -0.460 e. The van der Waals surface area contributed by atoms with Crippen LogP contribution in [0.1, 0.15) is 83.5 Å². The van der Waals surface area contributed by atoms with Gasteiger partial charge in [0.15, 0.2) is 0 Å². The average molecular weight is 776 g/mol. The van der Waals surface area contributed by atoms with Crippen molar-refractivity contribution in [2.45, 2.75) is 103 Å². The van der Waals surface area contributed by atoms with Gasteiger partial charge in [0, 0.05) is 0 Å². The lowest BCUT2D eigenvalue weighted by Crippen LogP contribution is -2.42. The predicted octanol–water partition coefficient (Wildman–Crippen LogP) is 10.9. The second kappa shape index (κ2) is 19.6. The second-order valence-corrected chi connectivity index (χ2v) is 16.7. The van der Waals surface area contributed by atoms with Crippen molar-refractivity contribution in [3.05, 3.63) is 91.0 Å². The number of hydrogen-bond acceptors (Lipinski definition) is 4. The molecule has 0 bridgehead atoms. The highest BCUT2D eigenvalue weighted by molar-refractivity contribution is 14.1. The Morgan fingerprint density at radius 3 is 1.29 bits per heavy atom. The molecule has 0 spiro atoms. The van der Waals surface area contributed by atoms with Crippen LogP contribution in [0.3, 0.4) is 0 Å². The summed E-state index contributed by atoms with van der Waals surface area (Å²) >= 11 is 2.43. The number of carbonyl (C=O) groups is 1. The van der Waals surface area contributed by atoms with Gasteiger partial charge in [0.1, 0.15) is 0 Å². The van der Waals surface area contributed by atoms with Gasteiger partial charge in [-0.2, -0.15) is 8.78 Å². The zero-order chi connectivity index (χ0) is 32.4. The van der Waals surface area contributed by atoms with Gasteiger partial charge < -0.3 is 4.74 Å². The average Bonchev–Trinajstić information content (AvgIpc) is 3.06. The molecule has 0 aromatic heterocycles. The molecule has 3 aromatic rings. The monoisotopic (exact) mass is 775 g/mol. The number of alkyl halides is 3. The highest BCUT2D eigenvalue weighted by atomic mass is 127. The third-order valence-corrected chi connectivity index (χ3v) is 13.7. The van der Waals surface area contributed by atoms with Crippen LogP contribution in [0.25, 0.3) is 0 Å². The molecule has 3 aromatic carbocycles. The summed E-state index contributed by atoms with van der Waals surface area (Å²) in [6, 6.07) is 25.5. The van der Waals surface area contributed by atoms with Crippen LogP contribution in [-0.4, -0.2) is 34.3 Å². The molecular formula is C35H46F2IO5S2+. The number of halogens is 3. The molecule has 0 heterocycles. The van der Waals surface area contributed by atoms with E-state index in [1.165, 1.54) is 55.8 Å². The van der Waals surface area contributed by atoms with Crippen molar-refractivity contribution in [3.63, 3.8) is 0 Å². The molecule has 0 radical (unpaired) electrons. The fourth-order valence-electron chi connectivity index (χ4n) is 5.08. The van der Waals surface area contributed by atoms with Gasteiger partial charge >= 0.3 is 21.3 Å². The summed E-state index contributed by atoms with van der Waals surface area (Å²) in [5, 5.41) is -4.85. The van der Waals surface area contributed by atoms with Crippen LogP contribution in [-0.2, 0) is 19.6 Å². The summed E-state index contributed by atoms with van der Waals surface area (Å²) in [4.78, 5) is 13.9. The number of benzene rings is 3. The van der Waals surface area contributed by atoms with Gasteiger partial charge in [-0.05, 0) is 53.7 Å². The Labute approximate surface area is 283 Å². The molecule has 248 valence electrons. The first kappa shape index (κ1) is 37.4. The van der Waals surface area contributed by atoms with E-state index in [0.717, 1.165) is 25.7 Å². The molecule has 0 fully saturated rings. The minimum absolute atomic E-state index is 0.268. The number of hydrogen-bond donors (Lipinski definition) is 0. The molecule has 0 aliphatic rings. The van der Waals surface area contributed by atoms with Gasteiger partial charge in [-0.3, -0.25) is 3.63 Å². The lowest BCUT2D eigenvalue weighted by atomic mass is 10.0. The lowest BCUT2D eigenvalue weighted by Gasteiger charge is -2.35. The van der Waals surface area contributed by atoms with Gasteiger partial charge in [-0.25, -0.2) is 4.79 Å². The van der Waals surface area contributed by atoms with Crippen LogP contribution in [0.5, 0.6) is 0 Å². The van der Waals surface area contributed by atoms with Gasteiger partial charge in [-0.15, -0.1) is 8.42 Å². The number of carbonyl (C=O) groups excluding carboxylic acids is 1. The third kappa shape index (κ3) is 11.0. The highest BCUT2D eigenvalue weighted by Gasteiger charge is 2.63. The maximum absolute atomic E-state index is 15.4. The van der Waals surface area contributed by atoms with E-state index in [9.17, 15) is 13.2 Å². The van der Waals surface area contributed by atoms with Crippen LogP contribution in [0.15, 0.2) is 106 Å². The fraction of sp³-hybridized carbons (Fsp3) is 0.457. The summed E-state index contributed by atoms with van der Waals surface area (Å²) in [6.45, 7) is -0.268. The molecule has 45 heavy (non-hydrogen) atoms. The third-order valence-electron chi connectivity index (χ3n) is 7.54. The van der Waals surface area contributed by atoms with Crippen molar-refractivity contribution in [3.8, 4) is 0 Å². The SMILES string of the molecule is O=C(OCCCCCCCCCCCCCCCI)C(F)(F)S(=O)(=O)[OH+]S(c1ccccc1)(c1ccccc1)c1ccccc1. The Morgan fingerprint density at radius 1 is 0.600 bits per heavy atom. The first-order valence-corrected chi connectivity index (χ1v) is 20.4. The largest absolute Gasteiger partial charge is 0.514 e. The summed E-state index contributed by atoms with van der Waals surface area (Å²) in [5.74, 6) is -2.09. The molecule has 0 unspecified atom stereocenters. The predicted molar refractivity (Wildman–Crippen MR) is 188 cm³/mol. The zero-order valence-corrected chi connectivity index (χ0v) is 29.6. The van der Waals surface area contributed by atoms with Gasteiger partial charge in [0.25, 0.3) is 0 Å². The molecule has 3 rings (SSSR count). The van der Waals surface area contributed by atoms with Crippen LogP contribution in [0.2, 0.25) is 0 Å². The number of unbranched alkanes of at least 4 members (excludes halogenated alkanes) is 12. The Balaban J connectivity index is 1.56. The topological polar surface area (TPSA) is 73.2 Å². The second-order valence-electron chi connectivity index (χ2n) is 11.0. The van der Waals surface area contributed by atoms with Crippen LogP contribution < -0.4 is 0 Å². The quantitative estimate of drug-likeness (QED) is 0.0254. The maximum atomic E-state index is 15.4. The van der Waals surface area contributed by atoms with E-state index in [1.807, 2.05) is 0 Å². The van der Waals surface area contributed by atoms with Gasteiger partial charge in [0.05, 0.1) is 31.6 Å². The summed E-state index contributed by atoms with van der Waals surface area (Å²) < 4.78 is 67.6. The lowest BCUT2D eigenvalue weighted by molar-refractivity contribution is -0.161. The Hall–Kier alpha value is -2.02. The maximum Gasteiger partial charge on any atom is 0.514 e. The first-order valence-electron chi connectivity index (χ1n) is 15.8. The molecule has 0 aliphatic carbocycles. The van der Waals surface area contributed by atoms with E-state index < -0.39 is 31.7 Å². The van der Waals surface area contributed by atoms with E-state index in [2.05, 4.69) is 26.2 Å². The normalized spacial score (nSPS) is 12.6. The van der Waals surface area contributed by atoms with Gasteiger partial charge in [-0.1, -0.05) is 148 Å². The molecule has 0 atom stereocenters. The minimum atomic E-state index is -5.68. The van der Waals surface area contributed by atoms with Crippen molar-refractivity contribution in [1.29, 1.82) is 0 Å².